The molecule has 0 amide bonds. The van der Waals surface area contributed by atoms with E-state index in [0.717, 1.165) is 25.8 Å². The Bertz CT molecular complexity index is 351. The molecule has 1 rings (SSSR count). The second kappa shape index (κ2) is 9.56. The number of benzene rings is 1. The average Bonchev–Trinajstić information content (AvgIpc) is 2.43. The molecule has 0 radical (unpaired) electrons. The molecular weight excluding hydrogens is 238 g/mol. The summed E-state index contributed by atoms with van der Waals surface area (Å²) in [6.45, 7) is 5.36. The van der Waals surface area contributed by atoms with Crippen LogP contribution in [0.4, 0.5) is 0 Å². The first kappa shape index (κ1) is 15.7. The first-order valence-corrected chi connectivity index (χ1v) is 7.19. The highest BCUT2D eigenvalue weighted by atomic mass is 16.5. The smallest absolute Gasteiger partial charge is 0.305 e. The molecule has 0 fully saturated rings. The van der Waals surface area contributed by atoms with Gasteiger partial charge in [0.05, 0.1) is 6.61 Å². The number of esters is 1. The maximum absolute atomic E-state index is 11.2. The van der Waals surface area contributed by atoms with Crippen LogP contribution in [0.15, 0.2) is 30.3 Å². The number of nitrogens with one attached hydrogen (secondary N) is 1. The van der Waals surface area contributed by atoms with Crippen LogP contribution in [0.2, 0.25) is 0 Å². The fourth-order valence-electron chi connectivity index (χ4n) is 2.03. The summed E-state index contributed by atoms with van der Waals surface area (Å²) in [5.41, 5.74) is 1.35. The van der Waals surface area contributed by atoms with Crippen molar-refractivity contribution in [1.29, 1.82) is 0 Å². The van der Waals surface area contributed by atoms with E-state index in [1.165, 1.54) is 5.56 Å². The molecule has 1 unspecified atom stereocenters. The molecule has 0 aliphatic heterocycles. The van der Waals surface area contributed by atoms with Gasteiger partial charge in [0.25, 0.3) is 0 Å². The molecule has 0 aliphatic rings. The van der Waals surface area contributed by atoms with Gasteiger partial charge >= 0.3 is 5.97 Å². The van der Waals surface area contributed by atoms with Crippen LogP contribution in [-0.2, 0) is 16.0 Å². The van der Waals surface area contributed by atoms with Crippen LogP contribution in [0.1, 0.15) is 38.7 Å². The Morgan fingerprint density at radius 3 is 2.63 bits per heavy atom. The van der Waals surface area contributed by atoms with Crippen molar-refractivity contribution in [1.82, 2.24) is 5.32 Å². The lowest BCUT2D eigenvalue weighted by Gasteiger charge is -2.16. The van der Waals surface area contributed by atoms with Gasteiger partial charge in [-0.3, -0.25) is 4.79 Å². The predicted molar refractivity (Wildman–Crippen MR) is 78.1 cm³/mol. The molecule has 19 heavy (non-hydrogen) atoms. The Hall–Kier alpha value is -1.35. The van der Waals surface area contributed by atoms with E-state index in [1.807, 2.05) is 13.0 Å². The van der Waals surface area contributed by atoms with Crippen molar-refractivity contribution in [3.63, 3.8) is 0 Å². The second-order valence-corrected chi connectivity index (χ2v) is 4.66. The summed E-state index contributed by atoms with van der Waals surface area (Å²) in [5.74, 6) is -0.0968. The lowest BCUT2D eigenvalue weighted by molar-refractivity contribution is -0.143. The van der Waals surface area contributed by atoms with Crippen molar-refractivity contribution in [2.24, 2.45) is 0 Å². The van der Waals surface area contributed by atoms with Gasteiger partial charge in [0.15, 0.2) is 0 Å². The van der Waals surface area contributed by atoms with Crippen LogP contribution in [0, 0.1) is 0 Å². The van der Waals surface area contributed by atoms with Crippen molar-refractivity contribution in [3.05, 3.63) is 35.9 Å². The quantitative estimate of drug-likeness (QED) is 0.550. The molecule has 1 aromatic rings. The first-order valence-electron chi connectivity index (χ1n) is 7.19. The van der Waals surface area contributed by atoms with E-state index in [4.69, 9.17) is 4.74 Å². The summed E-state index contributed by atoms with van der Waals surface area (Å²) < 4.78 is 4.90. The number of rotatable bonds is 9. The van der Waals surface area contributed by atoms with E-state index < -0.39 is 0 Å². The number of ether oxygens (including phenoxy) is 1. The lowest BCUT2D eigenvalue weighted by atomic mass is 10.0. The van der Waals surface area contributed by atoms with Crippen LogP contribution in [0.5, 0.6) is 0 Å². The third kappa shape index (κ3) is 6.97. The zero-order chi connectivity index (χ0) is 13.9. The highest BCUT2D eigenvalue weighted by molar-refractivity contribution is 5.69. The molecule has 106 valence electrons. The van der Waals surface area contributed by atoms with Crippen LogP contribution < -0.4 is 5.32 Å². The monoisotopic (exact) mass is 263 g/mol. The van der Waals surface area contributed by atoms with Crippen LogP contribution in [-0.4, -0.2) is 25.2 Å². The molecule has 0 spiro atoms. The SMILES string of the molecule is CCOC(=O)CCCNC(CC)Cc1ccccc1. The van der Waals surface area contributed by atoms with E-state index in [2.05, 4.69) is 36.5 Å². The van der Waals surface area contributed by atoms with E-state index in [0.29, 0.717) is 19.1 Å². The van der Waals surface area contributed by atoms with Gasteiger partial charge in [0.1, 0.15) is 0 Å². The molecular formula is C16H25NO2. The molecule has 0 saturated carbocycles. The summed E-state index contributed by atoms with van der Waals surface area (Å²) in [5, 5.41) is 3.51. The molecule has 1 aromatic carbocycles. The maximum atomic E-state index is 11.2. The zero-order valence-corrected chi connectivity index (χ0v) is 12.0. The Labute approximate surface area is 116 Å². The Balaban J connectivity index is 2.20. The van der Waals surface area contributed by atoms with Crippen molar-refractivity contribution in [2.75, 3.05) is 13.2 Å². The van der Waals surface area contributed by atoms with Gasteiger partial charge in [0.2, 0.25) is 0 Å². The molecule has 3 heteroatoms. The standard InChI is InChI=1S/C16H25NO2/c1-3-15(13-14-9-6-5-7-10-14)17-12-8-11-16(18)19-4-2/h5-7,9-10,15,17H,3-4,8,11-13H2,1-2H3. The van der Waals surface area contributed by atoms with Crippen LogP contribution >= 0.6 is 0 Å². The average molecular weight is 263 g/mol. The summed E-state index contributed by atoms with van der Waals surface area (Å²) in [6, 6.07) is 11.0. The Morgan fingerprint density at radius 2 is 2.00 bits per heavy atom. The van der Waals surface area contributed by atoms with Gasteiger partial charge in [-0.1, -0.05) is 37.3 Å². The third-order valence-electron chi connectivity index (χ3n) is 3.11. The number of carbonyl (C=O) groups is 1. The van der Waals surface area contributed by atoms with Gasteiger partial charge in [-0.15, -0.1) is 0 Å². The molecule has 0 aromatic heterocycles. The largest absolute Gasteiger partial charge is 0.466 e. The highest BCUT2D eigenvalue weighted by Crippen LogP contribution is 2.05. The summed E-state index contributed by atoms with van der Waals surface area (Å²) >= 11 is 0. The maximum Gasteiger partial charge on any atom is 0.305 e. The Morgan fingerprint density at radius 1 is 1.26 bits per heavy atom. The van der Waals surface area contributed by atoms with E-state index in [9.17, 15) is 4.79 Å². The predicted octanol–water partition coefficient (Wildman–Crippen LogP) is 2.94. The molecule has 0 saturated heterocycles. The minimum Gasteiger partial charge on any atom is -0.466 e. The number of hydrogen-bond donors (Lipinski definition) is 1. The molecule has 0 aliphatic carbocycles. The molecule has 0 bridgehead atoms. The van der Waals surface area contributed by atoms with Crippen LogP contribution in [0.25, 0.3) is 0 Å². The third-order valence-corrected chi connectivity index (χ3v) is 3.11. The molecule has 1 N–H and O–H groups in total. The van der Waals surface area contributed by atoms with Crippen molar-refractivity contribution in [3.8, 4) is 0 Å². The number of carbonyl (C=O) groups excluding carboxylic acids is 1. The lowest BCUT2D eigenvalue weighted by Crippen LogP contribution is -2.31. The molecule has 1 atom stereocenters. The van der Waals surface area contributed by atoms with Gasteiger partial charge < -0.3 is 10.1 Å². The molecule has 0 heterocycles. The Kier molecular flexibility index (Phi) is 7.91. The fourth-order valence-corrected chi connectivity index (χ4v) is 2.03. The minimum atomic E-state index is -0.0968. The fraction of sp³-hybridized carbons (Fsp3) is 0.562. The van der Waals surface area contributed by atoms with E-state index >= 15 is 0 Å². The summed E-state index contributed by atoms with van der Waals surface area (Å²) in [7, 11) is 0. The second-order valence-electron chi connectivity index (χ2n) is 4.66. The van der Waals surface area contributed by atoms with Crippen molar-refractivity contribution in [2.45, 2.75) is 45.6 Å². The normalized spacial score (nSPS) is 12.1. The minimum absolute atomic E-state index is 0.0968. The first-order chi connectivity index (χ1) is 9.26. The molecule has 3 nitrogen and oxygen atoms in total. The van der Waals surface area contributed by atoms with E-state index in [1.54, 1.807) is 0 Å². The van der Waals surface area contributed by atoms with Crippen LogP contribution in [0.3, 0.4) is 0 Å². The van der Waals surface area contributed by atoms with Gasteiger partial charge in [-0.25, -0.2) is 0 Å². The van der Waals surface area contributed by atoms with E-state index in [-0.39, 0.29) is 5.97 Å². The van der Waals surface area contributed by atoms with Crippen molar-refractivity contribution < 1.29 is 9.53 Å². The number of hydrogen-bond acceptors (Lipinski definition) is 3. The topological polar surface area (TPSA) is 38.3 Å². The van der Waals surface area contributed by atoms with Gasteiger partial charge in [-0.2, -0.15) is 0 Å². The van der Waals surface area contributed by atoms with Gasteiger partial charge in [-0.05, 0) is 38.3 Å². The highest BCUT2D eigenvalue weighted by Gasteiger charge is 2.07. The zero-order valence-electron chi connectivity index (χ0n) is 12.0. The summed E-state index contributed by atoms with van der Waals surface area (Å²) in [6.07, 6.45) is 3.47. The summed E-state index contributed by atoms with van der Waals surface area (Å²) in [4.78, 5) is 11.2. The van der Waals surface area contributed by atoms with Gasteiger partial charge in [0, 0.05) is 12.5 Å². The van der Waals surface area contributed by atoms with Crippen molar-refractivity contribution >= 4 is 5.97 Å².